The van der Waals surface area contributed by atoms with Crippen molar-refractivity contribution < 1.29 is 14.0 Å². The highest BCUT2D eigenvalue weighted by molar-refractivity contribution is 5.95. The van der Waals surface area contributed by atoms with Gasteiger partial charge in [-0.1, -0.05) is 12.1 Å². The van der Waals surface area contributed by atoms with Crippen molar-refractivity contribution in [1.29, 1.82) is 0 Å². The van der Waals surface area contributed by atoms with E-state index in [0.29, 0.717) is 23.9 Å². The highest BCUT2D eigenvalue weighted by atomic mass is 19.1. The highest BCUT2D eigenvalue weighted by Crippen LogP contribution is 2.36. The average molecular weight is 398 g/mol. The maximum absolute atomic E-state index is 13.7. The van der Waals surface area contributed by atoms with Gasteiger partial charge in [0.25, 0.3) is 11.8 Å². The van der Waals surface area contributed by atoms with Crippen LogP contribution >= 0.6 is 0 Å². The van der Waals surface area contributed by atoms with Crippen molar-refractivity contribution in [3.8, 4) is 0 Å². The molecule has 1 saturated carbocycles. The van der Waals surface area contributed by atoms with Crippen LogP contribution in [0, 0.1) is 18.7 Å². The van der Waals surface area contributed by atoms with Crippen LogP contribution in [0.25, 0.3) is 0 Å². The molecule has 0 radical (unpaired) electrons. The highest BCUT2D eigenvalue weighted by Gasteiger charge is 2.28. The van der Waals surface area contributed by atoms with Gasteiger partial charge in [0.15, 0.2) is 0 Å². The Hall–Kier alpha value is -2.83. The van der Waals surface area contributed by atoms with Gasteiger partial charge in [0.05, 0.1) is 16.8 Å². The summed E-state index contributed by atoms with van der Waals surface area (Å²) in [4.78, 5) is 35.0. The molecule has 1 N–H and O–H groups in total. The van der Waals surface area contributed by atoms with Crippen LogP contribution in [-0.4, -0.2) is 47.3 Å². The maximum Gasteiger partial charge on any atom is 0.256 e. The molecule has 3 rings (SSSR count). The van der Waals surface area contributed by atoms with Gasteiger partial charge < -0.3 is 10.2 Å². The van der Waals surface area contributed by atoms with E-state index in [1.165, 1.54) is 12.1 Å². The Labute approximate surface area is 170 Å². The third-order valence-electron chi connectivity index (χ3n) is 5.48. The van der Waals surface area contributed by atoms with Crippen LogP contribution in [0.1, 0.15) is 63.8 Å². The first-order valence-corrected chi connectivity index (χ1v) is 9.94. The molecule has 1 aromatic carbocycles. The molecular weight excluding hydrogens is 371 g/mol. The first-order valence-electron chi connectivity index (χ1n) is 9.94. The van der Waals surface area contributed by atoms with E-state index in [2.05, 4.69) is 15.3 Å². The number of hydrogen-bond donors (Lipinski definition) is 1. The molecule has 7 heteroatoms. The molecule has 0 saturated heterocycles. The van der Waals surface area contributed by atoms with Crippen molar-refractivity contribution in [2.45, 2.75) is 38.5 Å². The molecule has 0 aliphatic heterocycles. The number of nitrogens with zero attached hydrogens (tertiary/aromatic N) is 3. The van der Waals surface area contributed by atoms with Crippen LogP contribution < -0.4 is 5.32 Å². The Kier molecular flexibility index (Phi) is 6.56. The molecule has 1 aromatic heterocycles. The van der Waals surface area contributed by atoms with Crippen LogP contribution in [0.3, 0.4) is 0 Å². The number of halogens is 1. The number of amides is 2. The molecule has 0 bridgehead atoms. The van der Waals surface area contributed by atoms with Gasteiger partial charge in [-0.2, -0.15) is 0 Å². The van der Waals surface area contributed by atoms with E-state index >= 15 is 0 Å². The fourth-order valence-corrected chi connectivity index (χ4v) is 3.82. The molecule has 0 spiro atoms. The quantitative estimate of drug-likeness (QED) is 0.838. The monoisotopic (exact) mass is 398 g/mol. The average Bonchev–Trinajstić information content (AvgIpc) is 2.72. The zero-order chi connectivity index (χ0) is 21.0. The molecule has 0 unspecified atom stereocenters. The van der Waals surface area contributed by atoms with E-state index in [0.717, 1.165) is 31.4 Å². The van der Waals surface area contributed by atoms with E-state index in [1.54, 1.807) is 37.3 Å². The summed E-state index contributed by atoms with van der Waals surface area (Å²) >= 11 is 0. The van der Waals surface area contributed by atoms with Gasteiger partial charge in [0.2, 0.25) is 0 Å². The number of nitrogens with one attached hydrogen (secondary N) is 1. The Bertz CT molecular complexity index is 892. The minimum absolute atomic E-state index is 0.0736. The minimum atomic E-state index is -0.508. The lowest BCUT2D eigenvalue weighted by Gasteiger charge is -2.29. The molecule has 6 nitrogen and oxygen atoms in total. The summed E-state index contributed by atoms with van der Waals surface area (Å²) in [5, 5.41) is 2.85. The summed E-state index contributed by atoms with van der Waals surface area (Å²) in [7, 11) is 3.45. The van der Waals surface area contributed by atoms with Gasteiger partial charge in [-0.3, -0.25) is 9.59 Å². The largest absolute Gasteiger partial charge is 0.352 e. The number of hydrogen-bond acceptors (Lipinski definition) is 4. The molecular formula is C22H27FN4O2. The summed E-state index contributed by atoms with van der Waals surface area (Å²) in [5.41, 5.74) is 1.46. The first kappa shape index (κ1) is 20.9. The van der Waals surface area contributed by atoms with E-state index < -0.39 is 5.82 Å². The fourth-order valence-electron chi connectivity index (χ4n) is 3.82. The van der Waals surface area contributed by atoms with Crippen molar-refractivity contribution in [2.24, 2.45) is 5.92 Å². The SMILES string of the molecule is Cc1ncc(C(=O)N(C)C)c(C2CCC(CNC(=O)c3ccccc3F)CC2)n1. The van der Waals surface area contributed by atoms with Gasteiger partial charge in [-0.05, 0) is 50.7 Å². The predicted molar refractivity (Wildman–Crippen MR) is 108 cm³/mol. The number of rotatable bonds is 5. The third kappa shape index (κ3) is 4.96. The maximum atomic E-state index is 13.7. The Morgan fingerprint density at radius 3 is 2.48 bits per heavy atom. The Morgan fingerprint density at radius 1 is 1.14 bits per heavy atom. The summed E-state index contributed by atoms with van der Waals surface area (Å²) in [6, 6.07) is 6.00. The van der Waals surface area contributed by atoms with E-state index in [4.69, 9.17) is 0 Å². The van der Waals surface area contributed by atoms with E-state index in [1.807, 2.05) is 6.92 Å². The molecule has 1 heterocycles. The van der Waals surface area contributed by atoms with Crippen molar-refractivity contribution in [1.82, 2.24) is 20.2 Å². The predicted octanol–water partition coefficient (Wildman–Crippen LogP) is 3.33. The van der Waals surface area contributed by atoms with Gasteiger partial charge >= 0.3 is 0 Å². The molecule has 154 valence electrons. The second-order valence-electron chi connectivity index (χ2n) is 7.82. The number of aryl methyl sites for hydroxylation is 1. The molecule has 1 fully saturated rings. The van der Waals surface area contributed by atoms with Crippen LogP contribution in [0.15, 0.2) is 30.5 Å². The molecule has 1 aliphatic carbocycles. The zero-order valence-electron chi connectivity index (χ0n) is 17.1. The molecule has 29 heavy (non-hydrogen) atoms. The molecule has 0 atom stereocenters. The first-order chi connectivity index (χ1) is 13.9. The summed E-state index contributed by atoms with van der Waals surface area (Å²) in [6.45, 7) is 2.35. The smallest absolute Gasteiger partial charge is 0.256 e. The van der Waals surface area contributed by atoms with E-state index in [-0.39, 0.29) is 23.3 Å². The number of aromatic nitrogens is 2. The third-order valence-corrected chi connectivity index (χ3v) is 5.48. The minimum Gasteiger partial charge on any atom is -0.352 e. The van der Waals surface area contributed by atoms with Gasteiger partial charge in [0.1, 0.15) is 11.6 Å². The lowest BCUT2D eigenvalue weighted by atomic mass is 9.79. The van der Waals surface area contributed by atoms with Crippen LogP contribution in [0.5, 0.6) is 0 Å². The van der Waals surface area contributed by atoms with Crippen LogP contribution in [0.4, 0.5) is 4.39 Å². The van der Waals surface area contributed by atoms with Gasteiger partial charge in [-0.25, -0.2) is 14.4 Å². The fraction of sp³-hybridized carbons (Fsp3) is 0.455. The second-order valence-corrected chi connectivity index (χ2v) is 7.82. The number of carbonyl (C=O) groups is 2. The standard InChI is InChI=1S/C22H27FN4O2/c1-14-24-13-18(22(29)27(2)3)20(26-14)16-10-8-15(9-11-16)12-25-21(28)17-6-4-5-7-19(17)23/h4-7,13,15-16H,8-12H2,1-3H3,(H,25,28). The summed E-state index contributed by atoms with van der Waals surface area (Å²) in [5.74, 6) is 0.224. The van der Waals surface area contributed by atoms with Crippen LogP contribution in [-0.2, 0) is 0 Å². The van der Waals surface area contributed by atoms with Crippen molar-refractivity contribution in [3.63, 3.8) is 0 Å². The zero-order valence-corrected chi connectivity index (χ0v) is 17.1. The molecule has 2 aromatic rings. The second kappa shape index (κ2) is 9.11. The van der Waals surface area contributed by atoms with Crippen LogP contribution in [0.2, 0.25) is 0 Å². The lowest BCUT2D eigenvalue weighted by molar-refractivity contribution is 0.0823. The Balaban J connectivity index is 1.60. The van der Waals surface area contributed by atoms with Crippen molar-refractivity contribution in [3.05, 3.63) is 58.9 Å². The van der Waals surface area contributed by atoms with Gasteiger partial charge in [-0.15, -0.1) is 0 Å². The lowest BCUT2D eigenvalue weighted by Crippen LogP contribution is -2.32. The topological polar surface area (TPSA) is 75.2 Å². The molecule has 2 amide bonds. The number of carbonyl (C=O) groups excluding carboxylic acids is 2. The van der Waals surface area contributed by atoms with Crippen molar-refractivity contribution >= 4 is 11.8 Å². The van der Waals surface area contributed by atoms with Crippen molar-refractivity contribution in [2.75, 3.05) is 20.6 Å². The number of benzene rings is 1. The normalized spacial score (nSPS) is 18.9. The summed E-state index contributed by atoms with van der Waals surface area (Å²) in [6.07, 6.45) is 5.25. The van der Waals surface area contributed by atoms with Gasteiger partial charge in [0, 0.05) is 32.8 Å². The Morgan fingerprint density at radius 2 is 1.83 bits per heavy atom. The summed E-state index contributed by atoms with van der Waals surface area (Å²) < 4.78 is 13.7. The molecule has 1 aliphatic rings. The van der Waals surface area contributed by atoms with E-state index in [9.17, 15) is 14.0 Å².